The highest BCUT2D eigenvalue weighted by Crippen LogP contribution is 2.28. The molecule has 9 heteroatoms. The molecule has 35 heavy (non-hydrogen) atoms. The van der Waals surface area contributed by atoms with Crippen molar-refractivity contribution in [2.45, 2.75) is 32.5 Å². The van der Waals surface area contributed by atoms with Crippen molar-refractivity contribution < 1.29 is 14.3 Å². The topological polar surface area (TPSA) is 118 Å². The number of anilines is 2. The zero-order valence-electron chi connectivity index (χ0n) is 19.8. The van der Waals surface area contributed by atoms with Gasteiger partial charge in [0.15, 0.2) is 6.10 Å². The molecule has 1 heterocycles. The van der Waals surface area contributed by atoms with Gasteiger partial charge in [-0.05, 0) is 36.8 Å². The fourth-order valence-electron chi connectivity index (χ4n) is 3.26. The Morgan fingerprint density at radius 2 is 1.86 bits per heavy atom. The molecular formula is C26H31N5O3S. The minimum absolute atomic E-state index is 0.144. The van der Waals surface area contributed by atoms with Crippen LogP contribution in [0.2, 0.25) is 0 Å². The van der Waals surface area contributed by atoms with Crippen LogP contribution >= 0.6 is 12.6 Å². The summed E-state index contributed by atoms with van der Waals surface area (Å²) in [6.07, 6.45) is -0.800. The number of nitrogens with one attached hydrogen (secondary N) is 3. The van der Waals surface area contributed by atoms with Crippen LogP contribution in [0.4, 0.5) is 11.4 Å². The van der Waals surface area contributed by atoms with Crippen molar-refractivity contribution in [3.05, 3.63) is 72.3 Å². The minimum Gasteiger partial charge on any atom is -0.463 e. The standard InChI is InChI=1S/C26H31N5O3S/c1-17(25(33)29-14-19-7-6-10-22(13-19)30-18(2)32)34-26-24(28-15-21(27)16-35)12-11-23(31-26)20-8-4-3-5-9-20/h3-13,17,21,28,35H,14-16,27H2,1-2H3,(H,29,33)(H,30,32). The number of nitrogens with zero attached hydrogens (tertiary/aromatic N) is 1. The van der Waals surface area contributed by atoms with Crippen LogP contribution in [0.5, 0.6) is 5.88 Å². The van der Waals surface area contributed by atoms with Crippen molar-refractivity contribution in [3.63, 3.8) is 0 Å². The highest BCUT2D eigenvalue weighted by atomic mass is 32.1. The number of carbonyl (C=O) groups excluding carboxylic acids is 2. The second-order valence-corrected chi connectivity index (χ2v) is 8.46. The highest BCUT2D eigenvalue weighted by Gasteiger charge is 2.18. The number of carbonyl (C=O) groups is 2. The molecule has 1 aromatic heterocycles. The summed E-state index contributed by atoms with van der Waals surface area (Å²) in [5, 5.41) is 8.84. The van der Waals surface area contributed by atoms with E-state index in [0.29, 0.717) is 36.1 Å². The van der Waals surface area contributed by atoms with Crippen molar-refractivity contribution in [3.8, 4) is 17.1 Å². The molecule has 2 amide bonds. The van der Waals surface area contributed by atoms with E-state index >= 15 is 0 Å². The monoisotopic (exact) mass is 493 g/mol. The summed E-state index contributed by atoms with van der Waals surface area (Å²) in [5.74, 6) is 0.395. The predicted octanol–water partition coefficient (Wildman–Crippen LogP) is 3.46. The van der Waals surface area contributed by atoms with Crippen LogP contribution in [0.25, 0.3) is 11.3 Å². The zero-order chi connectivity index (χ0) is 25.2. The van der Waals surface area contributed by atoms with Gasteiger partial charge >= 0.3 is 0 Å². The molecular weight excluding hydrogens is 462 g/mol. The summed E-state index contributed by atoms with van der Waals surface area (Å²) >= 11 is 4.22. The molecule has 0 aliphatic rings. The van der Waals surface area contributed by atoms with Gasteiger partial charge < -0.3 is 26.4 Å². The molecule has 0 fully saturated rings. The fraction of sp³-hybridized carbons (Fsp3) is 0.269. The number of ether oxygens (including phenoxy) is 1. The van der Waals surface area contributed by atoms with Crippen molar-refractivity contribution in [2.24, 2.45) is 5.73 Å². The lowest BCUT2D eigenvalue weighted by atomic mass is 10.1. The van der Waals surface area contributed by atoms with Crippen LogP contribution < -0.4 is 26.4 Å². The van der Waals surface area contributed by atoms with Gasteiger partial charge in [0, 0.05) is 43.1 Å². The number of aromatic nitrogens is 1. The molecule has 2 aromatic carbocycles. The van der Waals surface area contributed by atoms with Crippen LogP contribution in [-0.2, 0) is 16.1 Å². The van der Waals surface area contributed by atoms with E-state index in [1.165, 1.54) is 6.92 Å². The molecule has 184 valence electrons. The van der Waals surface area contributed by atoms with Crippen molar-refractivity contribution in [1.82, 2.24) is 10.3 Å². The average Bonchev–Trinajstić information content (AvgIpc) is 2.86. The maximum Gasteiger partial charge on any atom is 0.261 e. The Kier molecular flexibility index (Phi) is 9.51. The molecule has 0 saturated carbocycles. The smallest absolute Gasteiger partial charge is 0.261 e. The van der Waals surface area contributed by atoms with Gasteiger partial charge in [0.1, 0.15) is 0 Å². The summed E-state index contributed by atoms with van der Waals surface area (Å²) in [5.41, 5.74) is 9.82. The molecule has 2 unspecified atom stereocenters. The first kappa shape index (κ1) is 26.1. The van der Waals surface area contributed by atoms with Crippen LogP contribution in [0.3, 0.4) is 0 Å². The van der Waals surface area contributed by atoms with Crippen LogP contribution in [-0.4, -0.2) is 41.2 Å². The largest absolute Gasteiger partial charge is 0.463 e. The second-order valence-electron chi connectivity index (χ2n) is 8.10. The first-order chi connectivity index (χ1) is 16.9. The lowest BCUT2D eigenvalue weighted by Gasteiger charge is -2.19. The van der Waals surface area contributed by atoms with Gasteiger partial charge in [-0.2, -0.15) is 12.6 Å². The van der Waals surface area contributed by atoms with Gasteiger partial charge in [0.2, 0.25) is 11.8 Å². The Hall–Kier alpha value is -3.56. The quantitative estimate of drug-likeness (QED) is 0.261. The number of pyridine rings is 1. The van der Waals surface area contributed by atoms with Gasteiger partial charge in [-0.3, -0.25) is 9.59 Å². The molecule has 0 aliphatic carbocycles. The lowest BCUT2D eigenvalue weighted by molar-refractivity contribution is -0.127. The van der Waals surface area contributed by atoms with E-state index in [-0.39, 0.29) is 17.9 Å². The van der Waals surface area contributed by atoms with E-state index in [2.05, 4.69) is 33.6 Å². The third-order valence-electron chi connectivity index (χ3n) is 5.09. The van der Waals surface area contributed by atoms with Gasteiger partial charge in [-0.1, -0.05) is 42.5 Å². The van der Waals surface area contributed by atoms with Crippen LogP contribution in [0, 0.1) is 0 Å². The molecule has 0 aliphatic heterocycles. The fourth-order valence-corrected chi connectivity index (χ4v) is 3.39. The van der Waals surface area contributed by atoms with Crippen LogP contribution in [0.15, 0.2) is 66.7 Å². The second kappa shape index (κ2) is 12.8. The Morgan fingerprint density at radius 1 is 1.09 bits per heavy atom. The van der Waals surface area contributed by atoms with E-state index in [1.807, 2.05) is 60.7 Å². The Balaban J connectivity index is 1.71. The van der Waals surface area contributed by atoms with Crippen molar-refractivity contribution in [1.29, 1.82) is 0 Å². The summed E-state index contributed by atoms with van der Waals surface area (Å²) in [6.45, 7) is 3.89. The van der Waals surface area contributed by atoms with Crippen molar-refractivity contribution in [2.75, 3.05) is 22.9 Å². The summed E-state index contributed by atoms with van der Waals surface area (Å²) in [6, 6.07) is 20.6. The van der Waals surface area contributed by atoms with Gasteiger partial charge in [0.05, 0.1) is 11.4 Å². The number of benzene rings is 2. The number of nitrogens with two attached hydrogens (primary N) is 1. The SMILES string of the molecule is CC(=O)Nc1cccc(CNC(=O)C(C)Oc2nc(-c3ccccc3)ccc2NCC(N)CS)c1. The number of thiol groups is 1. The molecule has 8 nitrogen and oxygen atoms in total. The molecule has 5 N–H and O–H groups in total. The van der Waals surface area contributed by atoms with Gasteiger partial charge in [-0.15, -0.1) is 0 Å². The normalized spacial score (nSPS) is 12.3. The first-order valence-corrected chi connectivity index (χ1v) is 12.0. The molecule has 3 rings (SSSR count). The third-order valence-corrected chi connectivity index (χ3v) is 5.56. The molecule has 0 spiro atoms. The zero-order valence-corrected chi connectivity index (χ0v) is 20.7. The summed E-state index contributed by atoms with van der Waals surface area (Å²) in [7, 11) is 0. The third kappa shape index (κ3) is 8.01. The van der Waals surface area contributed by atoms with E-state index in [9.17, 15) is 9.59 Å². The maximum absolute atomic E-state index is 12.8. The highest BCUT2D eigenvalue weighted by molar-refractivity contribution is 7.80. The Morgan fingerprint density at radius 3 is 2.57 bits per heavy atom. The molecule has 0 saturated heterocycles. The number of hydrogen-bond acceptors (Lipinski definition) is 7. The average molecular weight is 494 g/mol. The van der Waals surface area contributed by atoms with E-state index in [0.717, 1.165) is 16.8 Å². The minimum atomic E-state index is -0.800. The maximum atomic E-state index is 12.8. The molecule has 0 bridgehead atoms. The molecule has 0 radical (unpaired) electrons. The van der Waals surface area contributed by atoms with Gasteiger partial charge in [-0.25, -0.2) is 4.98 Å². The summed E-state index contributed by atoms with van der Waals surface area (Å²) < 4.78 is 6.00. The van der Waals surface area contributed by atoms with E-state index < -0.39 is 6.10 Å². The lowest BCUT2D eigenvalue weighted by Crippen LogP contribution is -2.36. The van der Waals surface area contributed by atoms with Gasteiger partial charge in [0.25, 0.3) is 5.91 Å². The Labute approximate surface area is 211 Å². The number of rotatable bonds is 11. The van der Waals surface area contributed by atoms with E-state index in [1.54, 1.807) is 13.0 Å². The number of hydrogen-bond donors (Lipinski definition) is 5. The molecule has 2 atom stereocenters. The Bertz CT molecular complexity index is 1140. The first-order valence-electron chi connectivity index (χ1n) is 11.3. The summed E-state index contributed by atoms with van der Waals surface area (Å²) in [4.78, 5) is 28.7. The molecule has 3 aromatic rings. The van der Waals surface area contributed by atoms with Crippen molar-refractivity contribution >= 4 is 35.8 Å². The predicted molar refractivity (Wildman–Crippen MR) is 143 cm³/mol. The van der Waals surface area contributed by atoms with E-state index in [4.69, 9.17) is 10.5 Å². The van der Waals surface area contributed by atoms with Crippen LogP contribution in [0.1, 0.15) is 19.4 Å². The number of amides is 2.